The van der Waals surface area contributed by atoms with Gasteiger partial charge >= 0.3 is 5.97 Å². The van der Waals surface area contributed by atoms with Crippen molar-refractivity contribution in [1.29, 1.82) is 0 Å². The number of ether oxygens (including phenoxy) is 1. The fraction of sp³-hybridized carbons (Fsp3) is 0.720. The molecule has 3 nitrogen and oxygen atoms in total. The van der Waals surface area contributed by atoms with Gasteiger partial charge in [-0.05, 0) is 24.6 Å². The van der Waals surface area contributed by atoms with Crippen LogP contribution < -0.4 is 0 Å². The smallest absolute Gasteiger partial charge is 0.338 e. The Balaban J connectivity index is 1.79. The molecule has 0 heterocycles. The zero-order chi connectivity index (χ0) is 20.3. The molecular weight excluding hydrogens is 348 g/mol. The Hall–Kier alpha value is -1.51. The number of phenols is 1. The second-order valence-electron chi connectivity index (χ2n) is 7.99. The number of carbonyl (C=O) groups excluding carboxylic acids is 1. The molecule has 0 spiro atoms. The molecule has 0 saturated heterocycles. The molecule has 0 atom stereocenters. The van der Waals surface area contributed by atoms with Gasteiger partial charge in [-0.1, -0.05) is 109 Å². The largest absolute Gasteiger partial charge is 0.508 e. The average Bonchev–Trinajstić information content (AvgIpc) is 2.70. The zero-order valence-electron chi connectivity index (χ0n) is 18.1. The van der Waals surface area contributed by atoms with Gasteiger partial charge in [0.1, 0.15) is 5.75 Å². The minimum atomic E-state index is -0.350. The number of rotatable bonds is 18. The van der Waals surface area contributed by atoms with Crippen LogP contribution in [-0.4, -0.2) is 17.7 Å². The van der Waals surface area contributed by atoms with Crippen LogP contribution in [0, 0.1) is 0 Å². The third-order valence-corrected chi connectivity index (χ3v) is 5.31. The highest BCUT2D eigenvalue weighted by atomic mass is 16.5. The number of unbranched alkanes of at least 4 members (excludes halogenated alkanes) is 15. The van der Waals surface area contributed by atoms with Crippen LogP contribution in [0.4, 0.5) is 0 Å². The number of phenolic OH excluding ortho intramolecular Hbond substituents is 1. The van der Waals surface area contributed by atoms with E-state index >= 15 is 0 Å². The quantitative estimate of drug-likeness (QED) is 0.205. The van der Waals surface area contributed by atoms with Crippen molar-refractivity contribution < 1.29 is 14.6 Å². The van der Waals surface area contributed by atoms with E-state index in [1.54, 1.807) is 18.2 Å². The summed E-state index contributed by atoms with van der Waals surface area (Å²) in [4.78, 5) is 11.8. The van der Waals surface area contributed by atoms with Gasteiger partial charge in [-0.3, -0.25) is 0 Å². The summed E-state index contributed by atoms with van der Waals surface area (Å²) >= 11 is 0. The van der Waals surface area contributed by atoms with Crippen molar-refractivity contribution in [2.24, 2.45) is 0 Å². The van der Waals surface area contributed by atoms with Crippen molar-refractivity contribution in [2.75, 3.05) is 6.61 Å². The van der Waals surface area contributed by atoms with Gasteiger partial charge in [0.2, 0.25) is 0 Å². The normalized spacial score (nSPS) is 10.9. The highest BCUT2D eigenvalue weighted by Gasteiger charge is 2.07. The van der Waals surface area contributed by atoms with E-state index in [0.717, 1.165) is 12.8 Å². The first-order valence-corrected chi connectivity index (χ1v) is 11.7. The predicted octanol–water partition coefficient (Wildman–Crippen LogP) is 7.81. The van der Waals surface area contributed by atoms with E-state index in [1.165, 1.54) is 96.0 Å². The molecular formula is C25H42O3. The Morgan fingerprint density at radius 1 is 0.750 bits per heavy atom. The van der Waals surface area contributed by atoms with E-state index in [0.29, 0.717) is 12.2 Å². The molecule has 3 heteroatoms. The lowest BCUT2D eigenvalue weighted by atomic mass is 10.0. The van der Waals surface area contributed by atoms with Crippen molar-refractivity contribution in [3.63, 3.8) is 0 Å². The van der Waals surface area contributed by atoms with Crippen molar-refractivity contribution >= 4 is 5.97 Å². The highest BCUT2D eigenvalue weighted by molar-refractivity contribution is 5.89. The summed E-state index contributed by atoms with van der Waals surface area (Å²) in [7, 11) is 0. The molecule has 160 valence electrons. The maximum Gasteiger partial charge on any atom is 0.338 e. The van der Waals surface area contributed by atoms with E-state index in [1.807, 2.05) is 0 Å². The summed E-state index contributed by atoms with van der Waals surface area (Å²) in [6.07, 6.45) is 21.3. The topological polar surface area (TPSA) is 46.5 Å². The van der Waals surface area contributed by atoms with Crippen LogP contribution in [-0.2, 0) is 4.74 Å². The number of carbonyl (C=O) groups is 1. The summed E-state index contributed by atoms with van der Waals surface area (Å²) in [5.41, 5.74) is 0.413. The molecule has 0 amide bonds. The molecule has 0 unspecified atom stereocenters. The predicted molar refractivity (Wildman–Crippen MR) is 118 cm³/mol. The van der Waals surface area contributed by atoms with Crippen LogP contribution >= 0.6 is 0 Å². The number of benzene rings is 1. The van der Waals surface area contributed by atoms with Crippen LogP contribution in [0.1, 0.15) is 120 Å². The monoisotopic (exact) mass is 390 g/mol. The van der Waals surface area contributed by atoms with Crippen LogP contribution in [0.15, 0.2) is 24.3 Å². The molecule has 0 aliphatic rings. The van der Waals surface area contributed by atoms with Crippen LogP contribution in [0.25, 0.3) is 0 Å². The van der Waals surface area contributed by atoms with Gasteiger partial charge in [0.15, 0.2) is 0 Å². The number of esters is 1. The van der Waals surface area contributed by atoms with Gasteiger partial charge in [-0.2, -0.15) is 0 Å². The molecule has 0 aromatic heterocycles. The molecule has 0 radical (unpaired) electrons. The minimum Gasteiger partial charge on any atom is -0.508 e. The molecule has 0 aliphatic heterocycles. The van der Waals surface area contributed by atoms with Gasteiger partial charge in [0.25, 0.3) is 0 Å². The van der Waals surface area contributed by atoms with E-state index < -0.39 is 0 Å². The Labute approximate surface area is 172 Å². The molecule has 0 fully saturated rings. The van der Waals surface area contributed by atoms with Crippen molar-refractivity contribution in [2.45, 2.75) is 110 Å². The second kappa shape index (κ2) is 17.6. The molecule has 1 N–H and O–H groups in total. The number of hydrogen-bond donors (Lipinski definition) is 1. The third kappa shape index (κ3) is 13.6. The van der Waals surface area contributed by atoms with Gasteiger partial charge in [-0.25, -0.2) is 4.79 Å². The molecule has 1 aromatic rings. The first-order valence-electron chi connectivity index (χ1n) is 11.7. The summed E-state index contributed by atoms with van der Waals surface area (Å²) in [5.74, 6) is -0.256. The van der Waals surface area contributed by atoms with Gasteiger partial charge in [0, 0.05) is 0 Å². The van der Waals surface area contributed by atoms with Crippen molar-refractivity contribution in [3.05, 3.63) is 29.8 Å². The van der Waals surface area contributed by atoms with E-state index in [-0.39, 0.29) is 11.7 Å². The molecule has 0 bridgehead atoms. The zero-order valence-corrected chi connectivity index (χ0v) is 18.1. The lowest BCUT2D eigenvalue weighted by Gasteiger charge is -2.05. The fourth-order valence-electron chi connectivity index (χ4n) is 3.53. The molecule has 0 aliphatic carbocycles. The Morgan fingerprint density at radius 3 is 1.68 bits per heavy atom. The lowest BCUT2D eigenvalue weighted by Crippen LogP contribution is -2.06. The summed E-state index contributed by atoms with van der Waals surface area (Å²) in [6.45, 7) is 2.74. The van der Waals surface area contributed by atoms with E-state index in [9.17, 15) is 9.90 Å². The standard InChI is InChI=1S/C25H42O3/c1-2-3-4-5-6-7-8-9-10-11-12-13-14-15-16-17-21-28-25(27)23-19-18-20-24(26)22-23/h18-20,22,26H,2-17,21H2,1H3. The highest BCUT2D eigenvalue weighted by Crippen LogP contribution is 2.14. The first kappa shape index (κ1) is 24.5. The Bertz CT molecular complexity index is 498. The van der Waals surface area contributed by atoms with Crippen LogP contribution in [0.2, 0.25) is 0 Å². The van der Waals surface area contributed by atoms with E-state index in [4.69, 9.17) is 4.74 Å². The van der Waals surface area contributed by atoms with Crippen molar-refractivity contribution in [3.8, 4) is 5.75 Å². The van der Waals surface area contributed by atoms with Gasteiger partial charge in [0.05, 0.1) is 12.2 Å². The summed E-state index contributed by atoms with van der Waals surface area (Å²) in [5, 5.41) is 9.37. The number of hydrogen-bond acceptors (Lipinski definition) is 3. The first-order chi connectivity index (χ1) is 13.7. The van der Waals surface area contributed by atoms with Crippen LogP contribution in [0.5, 0.6) is 5.75 Å². The van der Waals surface area contributed by atoms with Crippen molar-refractivity contribution in [1.82, 2.24) is 0 Å². The maximum atomic E-state index is 11.8. The lowest BCUT2D eigenvalue weighted by molar-refractivity contribution is 0.0497. The molecule has 1 rings (SSSR count). The third-order valence-electron chi connectivity index (χ3n) is 5.31. The molecule has 28 heavy (non-hydrogen) atoms. The Kier molecular flexibility index (Phi) is 15.4. The Morgan fingerprint density at radius 2 is 1.21 bits per heavy atom. The average molecular weight is 391 g/mol. The maximum absolute atomic E-state index is 11.8. The number of aromatic hydroxyl groups is 1. The summed E-state index contributed by atoms with van der Waals surface area (Å²) in [6, 6.07) is 6.30. The van der Waals surface area contributed by atoms with E-state index in [2.05, 4.69) is 6.92 Å². The van der Waals surface area contributed by atoms with Gasteiger partial charge in [-0.15, -0.1) is 0 Å². The molecule has 1 aromatic carbocycles. The SMILES string of the molecule is CCCCCCCCCCCCCCCCCCOC(=O)c1cccc(O)c1. The molecule has 0 saturated carbocycles. The van der Waals surface area contributed by atoms with Crippen LogP contribution in [0.3, 0.4) is 0 Å². The second-order valence-corrected chi connectivity index (χ2v) is 7.99. The minimum absolute atomic E-state index is 0.0943. The fourth-order valence-corrected chi connectivity index (χ4v) is 3.53. The van der Waals surface area contributed by atoms with Gasteiger partial charge < -0.3 is 9.84 Å². The summed E-state index contributed by atoms with van der Waals surface area (Å²) < 4.78 is 5.25.